The van der Waals surface area contributed by atoms with Crippen LogP contribution in [-0.2, 0) is 7.05 Å². The topological polar surface area (TPSA) is 40.8 Å². The zero-order valence-electron chi connectivity index (χ0n) is 24.3. The number of hydrogen-bond donors (Lipinski definition) is 0. The SMILES string of the molecule is [2H]c1c([2H])c([2H])c(-c2cc(C#N)cc3c2oc2c(-c4cc(C)c(C(C)C)c[n+]4C)c(C)ccc23)c([2H])c1[2H]. The fourth-order valence-corrected chi connectivity index (χ4v) is 4.62. The highest BCUT2D eigenvalue weighted by atomic mass is 16.3. The molecule has 0 aliphatic heterocycles. The molecule has 3 aromatic carbocycles. The average Bonchev–Trinajstić information content (AvgIpc) is 3.26. The molecular weight excluding hydrogens is 404 g/mol. The van der Waals surface area contributed by atoms with Crippen LogP contribution in [0.15, 0.2) is 71.2 Å². The Morgan fingerprint density at radius 1 is 0.970 bits per heavy atom. The number of hydrogen-bond acceptors (Lipinski definition) is 2. The molecule has 0 N–H and O–H groups in total. The van der Waals surface area contributed by atoms with Gasteiger partial charge in [-0.25, -0.2) is 4.57 Å². The number of nitriles is 1. The normalized spacial score (nSPS) is 13.5. The first-order chi connectivity index (χ1) is 18.0. The first kappa shape index (κ1) is 15.8. The number of aryl methyl sites for hydroxylation is 3. The molecule has 5 rings (SSSR count). The van der Waals surface area contributed by atoms with Gasteiger partial charge in [-0.3, -0.25) is 0 Å². The van der Waals surface area contributed by atoms with Gasteiger partial charge in [0.1, 0.15) is 18.2 Å². The van der Waals surface area contributed by atoms with Crippen molar-refractivity contribution in [2.75, 3.05) is 0 Å². The summed E-state index contributed by atoms with van der Waals surface area (Å²) in [6.07, 6.45) is 2.14. The van der Waals surface area contributed by atoms with Crippen LogP contribution in [0.25, 0.3) is 44.3 Å². The Morgan fingerprint density at radius 2 is 1.73 bits per heavy atom. The summed E-state index contributed by atoms with van der Waals surface area (Å²) in [4.78, 5) is 0. The van der Waals surface area contributed by atoms with Gasteiger partial charge in [0.2, 0.25) is 5.69 Å². The second kappa shape index (κ2) is 7.90. The van der Waals surface area contributed by atoms with Gasteiger partial charge in [-0.05, 0) is 48.6 Å². The third kappa shape index (κ3) is 3.39. The Hall–Kier alpha value is -3.90. The number of nitrogens with zero attached hydrogens (tertiary/aromatic N) is 2. The van der Waals surface area contributed by atoms with Gasteiger partial charge in [-0.2, -0.15) is 5.26 Å². The van der Waals surface area contributed by atoms with Crippen LogP contribution in [0.1, 0.15) is 48.9 Å². The molecule has 2 aromatic heterocycles. The van der Waals surface area contributed by atoms with Gasteiger partial charge in [0.25, 0.3) is 0 Å². The number of furan rings is 1. The van der Waals surface area contributed by atoms with Gasteiger partial charge < -0.3 is 4.42 Å². The summed E-state index contributed by atoms with van der Waals surface area (Å²) in [5.41, 5.74) is 6.94. The lowest BCUT2D eigenvalue weighted by Gasteiger charge is -2.11. The minimum atomic E-state index is -0.466. The van der Waals surface area contributed by atoms with Crippen LogP contribution in [0.3, 0.4) is 0 Å². The van der Waals surface area contributed by atoms with E-state index in [9.17, 15) is 5.26 Å². The van der Waals surface area contributed by atoms with Gasteiger partial charge >= 0.3 is 0 Å². The quantitative estimate of drug-likeness (QED) is 0.277. The Morgan fingerprint density at radius 3 is 2.42 bits per heavy atom. The predicted octanol–water partition coefficient (Wildman–Crippen LogP) is 7.36. The predicted molar refractivity (Wildman–Crippen MR) is 134 cm³/mol. The van der Waals surface area contributed by atoms with Crippen molar-refractivity contribution in [1.82, 2.24) is 0 Å². The standard InChI is InChI=1S/C30H27N2O/c1-18(2)26-17-32(5)27(13-20(26)4)28-19(3)11-12-23-25-15-21(16-31)14-24(29(25)33-30(23)28)22-9-7-6-8-10-22/h6-15,17-18H,1-5H3/q+1/i6D,7D,8D,9D,10D. The van der Waals surface area contributed by atoms with Crippen LogP contribution in [-0.4, -0.2) is 0 Å². The van der Waals surface area contributed by atoms with Gasteiger partial charge in [0, 0.05) is 28.0 Å². The van der Waals surface area contributed by atoms with Crippen LogP contribution in [0, 0.1) is 25.2 Å². The summed E-state index contributed by atoms with van der Waals surface area (Å²) in [5, 5.41) is 11.2. The van der Waals surface area contributed by atoms with Gasteiger partial charge in [0.05, 0.1) is 24.0 Å². The highest BCUT2D eigenvalue weighted by molar-refractivity contribution is 6.13. The third-order valence-electron chi connectivity index (χ3n) is 6.25. The van der Waals surface area contributed by atoms with Crippen molar-refractivity contribution in [1.29, 1.82) is 5.26 Å². The van der Waals surface area contributed by atoms with Gasteiger partial charge in [0.15, 0.2) is 6.20 Å². The molecule has 33 heavy (non-hydrogen) atoms. The smallest absolute Gasteiger partial charge is 0.216 e. The molecule has 162 valence electrons. The Bertz CT molecular complexity index is 1820. The zero-order valence-corrected chi connectivity index (χ0v) is 19.3. The maximum atomic E-state index is 9.80. The van der Waals surface area contributed by atoms with E-state index in [-0.39, 0.29) is 17.6 Å². The molecule has 2 heterocycles. The summed E-state index contributed by atoms with van der Waals surface area (Å²) in [7, 11) is 2.01. The summed E-state index contributed by atoms with van der Waals surface area (Å²) >= 11 is 0. The number of benzene rings is 3. The van der Waals surface area contributed by atoms with Gasteiger partial charge in [-0.15, -0.1) is 0 Å². The second-order valence-corrected chi connectivity index (χ2v) is 8.81. The molecular formula is C30H27N2O+. The van der Waals surface area contributed by atoms with Crippen molar-refractivity contribution in [2.24, 2.45) is 7.05 Å². The van der Waals surface area contributed by atoms with E-state index < -0.39 is 18.1 Å². The minimum Gasteiger partial charge on any atom is -0.454 e. The monoisotopic (exact) mass is 436 g/mol. The molecule has 0 saturated heterocycles. The Kier molecular flexibility index (Phi) is 3.79. The number of fused-ring (bicyclic) bond motifs is 3. The van der Waals surface area contributed by atoms with E-state index in [1.807, 2.05) is 26.1 Å². The fraction of sp³-hybridized carbons (Fsp3) is 0.200. The molecule has 0 spiro atoms. The van der Waals surface area contributed by atoms with Crippen LogP contribution in [0.2, 0.25) is 0 Å². The number of rotatable bonds is 3. The second-order valence-electron chi connectivity index (χ2n) is 8.81. The van der Waals surface area contributed by atoms with Crippen molar-refractivity contribution in [2.45, 2.75) is 33.6 Å². The van der Waals surface area contributed by atoms with E-state index in [0.29, 0.717) is 33.6 Å². The zero-order chi connectivity index (χ0) is 27.6. The van der Waals surface area contributed by atoms with E-state index in [1.54, 1.807) is 6.07 Å². The van der Waals surface area contributed by atoms with Crippen LogP contribution >= 0.6 is 0 Å². The summed E-state index contributed by atoms with van der Waals surface area (Å²) < 4.78 is 50.0. The molecule has 0 radical (unpaired) electrons. The van der Waals surface area contributed by atoms with Crippen LogP contribution < -0.4 is 4.57 Å². The average molecular weight is 437 g/mol. The highest BCUT2D eigenvalue weighted by Gasteiger charge is 2.24. The maximum Gasteiger partial charge on any atom is 0.216 e. The van der Waals surface area contributed by atoms with Crippen molar-refractivity contribution in [3.63, 3.8) is 0 Å². The molecule has 0 amide bonds. The minimum absolute atomic E-state index is 0.0121. The lowest BCUT2D eigenvalue weighted by molar-refractivity contribution is -0.660. The molecule has 0 unspecified atom stereocenters. The van der Waals surface area contributed by atoms with E-state index in [1.165, 1.54) is 17.2 Å². The summed E-state index contributed by atoms with van der Waals surface area (Å²) in [5.74, 6) is 0.377. The molecule has 3 heteroatoms. The lowest BCUT2D eigenvalue weighted by Crippen LogP contribution is -2.32. The summed E-state index contributed by atoms with van der Waals surface area (Å²) in [6, 6.07) is 9.53. The molecule has 0 aliphatic carbocycles. The van der Waals surface area contributed by atoms with Crippen molar-refractivity contribution in [3.05, 3.63) is 89.0 Å². The third-order valence-corrected chi connectivity index (χ3v) is 6.25. The van der Waals surface area contributed by atoms with Crippen molar-refractivity contribution in [3.8, 4) is 28.5 Å². The molecule has 0 atom stereocenters. The van der Waals surface area contributed by atoms with Crippen molar-refractivity contribution >= 4 is 21.9 Å². The van der Waals surface area contributed by atoms with E-state index in [0.717, 1.165) is 22.2 Å². The van der Waals surface area contributed by atoms with Crippen LogP contribution in [0.5, 0.6) is 0 Å². The Balaban J connectivity index is 1.92. The highest BCUT2D eigenvalue weighted by Crippen LogP contribution is 2.41. The maximum absolute atomic E-state index is 9.80. The molecule has 5 aromatic rings. The Labute approximate surface area is 201 Å². The van der Waals surface area contributed by atoms with Gasteiger partial charge in [-0.1, -0.05) is 56.2 Å². The first-order valence-corrected chi connectivity index (χ1v) is 10.9. The number of aromatic nitrogens is 1. The molecule has 3 nitrogen and oxygen atoms in total. The van der Waals surface area contributed by atoms with E-state index in [4.69, 9.17) is 11.3 Å². The fourth-order valence-electron chi connectivity index (χ4n) is 4.62. The summed E-state index contributed by atoms with van der Waals surface area (Å²) in [6.45, 7) is 8.45. The van der Waals surface area contributed by atoms with Crippen molar-refractivity contribution < 1.29 is 15.8 Å². The number of pyridine rings is 1. The van der Waals surface area contributed by atoms with Crippen LogP contribution in [0.4, 0.5) is 0 Å². The molecule has 0 fully saturated rings. The molecule has 0 saturated carbocycles. The first-order valence-electron chi connectivity index (χ1n) is 13.4. The molecule has 0 bridgehead atoms. The molecule has 0 aliphatic rings. The largest absolute Gasteiger partial charge is 0.454 e. The van der Waals surface area contributed by atoms with E-state index >= 15 is 0 Å². The lowest BCUT2D eigenvalue weighted by atomic mass is 9.95. The van der Waals surface area contributed by atoms with E-state index in [2.05, 4.69) is 43.7 Å².